The van der Waals surface area contributed by atoms with Gasteiger partial charge in [0.25, 0.3) is 0 Å². The summed E-state index contributed by atoms with van der Waals surface area (Å²) in [7, 11) is 2.27. The van der Waals surface area contributed by atoms with E-state index in [9.17, 15) is 0 Å². The number of likely N-dealkylation sites (tertiary alicyclic amines) is 1. The summed E-state index contributed by atoms with van der Waals surface area (Å²) in [4.78, 5) is 2.45. The van der Waals surface area contributed by atoms with Crippen molar-refractivity contribution in [3.63, 3.8) is 0 Å². The molecule has 6 unspecified atom stereocenters. The molecule has 1 saturated heterocycles. The van der Waals surface area contributed by atoms with Crippen LogP contribution in [0.15, 0.2) is 24.0 Å². The molecule has 3 fully saturated rings. The Morgan fingerprint density at radius 2 is 1.83 bits per heavy atom. The van der Waals surface area contributed by atoms with Crippen molar-refractivity contribution in [1.82, 2.24) is 4.90 Å². The van der Waals surface area contributed by atoms with Crippen molar-refractivity contribution in [2.24, 2.45) is 46.3 Å². The lowest BCUT2D eigenvalue weighted by Gasteiger charge is -2.59. The van der Waals surface area contributed by atoms with Crippen LogP contribution in [0.25, 0.3) is 0 Å². The van der Waals surface area contributed by atoms with Gasteiger partial charge in [-0.25, -0.2) is 0 Å². The van der Waals surface area contributed by atoms with E-state index in [4.69, 9.17) is 0 Å². The van der Waals surface area contributed by atoms with Gasteiger partial charge in [0.05, 0.1) is 0 Å². The highest BCUT2D eigenvalue weighted by molar-refractivity contribution is 5.28. The van der Waals surface area contributed by atoms with Crippen LogP contribution in [-0.2, 0) is 0 Å². The number of allylic oxidation sites excluding steroid dienone is 3. The molecule has 0 aromatic rings. The van der Waals surface area contributed by atoms with Crippen LogP contribution in [0, 0.1) is 46.3 Å². The zero-order valence-corrected chi connectivity index (χ0v) is 20.3. The summed E-state index contributed by atoms with van der Waals surface area (Å²) < 4.78 is 0. The summed E-state index contributed by atoms with van der Waals surface area (Å²) in [6, 6.07) is 0. The summed E-state index contributed by atoms with van der Waals surface area (Å²) in [6.45, 7) is 17.0. The van der Waals surface area contributed by atoms with Crippen molar-refractivity contribution in [1.29, 1.82) is 0 Å². The Morgan fingerprint density at radius 3 is 2.55 bits per heavy atom. The maximum absolute atomic E-state index is 4.34. The lowest BCUT2D eigenvalue weighted by molar-refractivity contribution is -0.0560. The third-order valence-corrected chi connectivity index (χ3v) is 10.4. The fourth-order valence-corrected chi connectivity index (χ4v) is 8.68. The molecule has 4 rings (SSSR count). The number of rotatable bonds is 5. The van der Waals surface area contributed by atoms with Crippen LogP contribution in [0.1, 0.15) is 98.8 Å². The molecular formula is C28H47N. The zero-order chi connectivity index (χ0) is 21.0. The van der Waals surface area contributed by atoms with Crippen LogP contribution < -0.4 is 0 Å². The van der Waals surface area contributed by atoms with E-state index in [1.807, 2.05) is 0 Å². The molecule has 7 atom stereocenters. The first kappa shape index (κ1) is 21.5. The second-order valence-electron chi connectivity index (χ2n) is 12.3. The Morgan fingerprint density at radius 1 is 1.07 bits per heavy atom. The minimum Gasteiger partial charge on any atom is -0.352 e. The van der Waals surface area contributed by atoms with E-state index in [0.29, 0.717) is 10.8 Å². The molecule has 0 bridgehead atoms. The maximum atomic E-state index is 4.34. The van der Waals surface area contributed by atoms with Crippen LogP contribution in [0.2, 0.25) is 0 Å². The number of fused-ring (bicyclic) bond motifs is 5. The smallest absolute Gasteiger partial charge is 0.0195 e. The van der Waals surface area contributed by atoms with Crippen molar-refractivity contribution in [2.45, 2.75) is 98.8 Å². The number of nitrogens with zero attached hydrogens (tertiary/aromatic N) is 1. The van der Waals surface area contributed by atoms with Crippen LogP contribution in [0.3, 0.4) is 0 Å². The monoisotopic (exact) mass is 397 g/mol. The van der Waals surface area contributed by atoms with E-state index in [1.165, 1.54) is 69.9 Å². The van der Waals surface area contributed by atoms with Gasteiger partial charge in [0, 0.05) is 23.9 Å². The highest BCUT2D eigenvalue weighted by Crippen LogP contribution is 2.67. The molecule has 1 aliphatic heterocycles. The van der Waals surface area contributed by atoms with E-state index in [0.717, 1.165) is 35.5 Å². The van der Waals surface area contributed by atoms with Gasteiger partial charge in [-0.2, -0.15) is 0 Å². The van der Waals surface area contributed by atoms with E-state index in [2.05, 4.69) is 59.2 Å². The highest BCUT2D eigenvalue weighted by Gasteiger charge is 2.59. The Hall–Kier alpha value is -0.720. The molecule has 0 spiro atoms. The molecule has 1 heterocycles. The van der Waals surface area contributed by atoms with Crippen molar-refractivity contribution < 1.29 is 0 Å². The molecule has 0 amide bonds. The lowest BCUT2D eigenvalue weighted by atomic mass is 9.48. The van der Waals surface area contributed by atoms with Gasteiger partial charge in [-0.15, -0.1) is 0 Å². The predicted octanol–water partition coefficient (Wildman–Crippen LogP) is 8.04. The Kier molecular flexibility index (Phi) is 5.75. The second-order valence-corrected chi connectivity index (χ2v) is 12.3. The average molecular weight is 398 g/mol. The maximum Gasteiger partial charge on any atom is 0.0195 e. The molecule has 0 radical (unpaired) electrons. The van der Waals surface area contributed by atoms with Crippen LogP contribution in [-0.4, -0.2) is 11.9 Å². The van der Waals surface area contributed by atoms with Gasteiger partial charge in [0.2, 0.25) is 0 Å². The SMILES string of the molecule is C=C1CC[C@@]2(C)C(=CCC3C4CCC(C(C)CCCC(C)C)C4(C)CCC32)N1C. The third kappa shape index (κ3) is 3.43. The predicted molar refractivity (Wildman–Crippen MR) is 125 cm³/mol. The van der Waals surface area contributed by atoms with Crippen molar-refractivity contribution in [2.75, 3.05) is 7.05 Å². The normalized spacial score (nSPS) is 42.9. The number of hydrogen-bond donors (Lipinski definition) is 0. The van der Waals surface area contributed by atoms with Crippen molar-refractivity contribution in [3.05, 3.63) is 24.0 Å². The summed E-state index contributed by atoms with van der Waals surface area (Å²) in [5, 5.41) is 0. The van der Waals surface area contributed by atoms with Crippen LogP contribution >= 0.6 is 0 Å². The van der Waals surface area contributed by atoms with Crippen LogP contribution in [0.5, 0.6) is 0 Å². The van der Waals surface area contributed by atoms with Crippen molar-refractivity contribution >= 4 is 0 Å². The number of hydrogen-bond acceptors (Lipinski definition) is 1. The molecule has 0 aromatic heterocycles. The number of piperidine rings is 1. The summed E-state index contributed by atoms with van der Waals surface area (Å²) in [6.07, 6.45) is 16.7. The minimum atomic E-state index is 0.390. The lowest BCUT2D eigenvalue weighted by Crippen LogP contribution is -2.52. The van der Waals surface area contributed by atoms with Gasteiger partial charge < -0.3 is 4.90 Å². The van der Waals surface area contributed by atoms with E-state index in [1.54, 1.807) is 5.70 Å². The molecule has 1 nitrogen and oxygen atoms in total. The van der Waals surface area contributed by atoms with Gasteiger partial charge in [-0.1, -0.05) is 66.5 Å². The molecular weight excluding hydrogens is 350 g/mol. The van der Waals surface area contributed by atoms with E-state index in [-0.39, 0.29) is 0 Å². The molecule has 4 aliphatic rings. The van der Waals surface area contributed by atoms with Crippen LogP contribution in [0.4, 0.5) is 0 Å². The summed E-state index contributed by atoms with van der Waals surface area (Å²) in [5.41, 5.74) is 3.92. The fourth-order valence-electron chi connectivity index (χ4n) is 8.68. The average Bonchev–Trinajstić information content (AvgIpc) is 3.02. The molecule has 1 heteroatoms. The first-order chi connectivity index (χ1) is 13.7. The fraction of sp³-hybridized carbons (Fsp3) is 0.857. The topological polar surface area (TPSA) is 3.24 Å². The van der Waals surface area contributed by atoms with Gasteiger partial charge in [0.15, 0.2) is 0 Å². The first-order valence-electron chi connectivity index (χ1n) is 12.8. The highest BCUT2D eigenvalue weighted by atomic mass is 15.1. The van der Waals surface area contributed by atoms with Crippen molar-refractivity contribution in [3.8, 4) is 0 Å². The minimum absolute atomic E-state index is 0.390. The van der Waals surface area contributed by atoms with Gasteiger partial charge in [0.1, 0.15) is 0 Å². The van der Waals surface area contributed by atoms with Gasteiger partial charge in [-0.3, -0.25) is 0 Å². The van der Waals surface area contributed by atoms with E-state index >= 15 is 0 Å². The largest absolute Gasteiger partial charge is 0.352 e. The third-order valence-electron chi connectivity index (χ3n) is 10.4. The van der Waals surface area contributed by atoms with Gasteiger partial charge in [-0.05, 0) is 85.9 Å². The molecule has 2 saturated carbocycles. The van der Waals surface area contributed by atoms with Gasteiger partial charge >= 0.3 is 0 Å². The Balaban J connectivity index is 1.52. The Labute approximate surface area is 181 Å². The molecule has 164 valence electrons. The zero-order valence-electron chi connectivity index (χ0n) is 20.3. The molecule has 0 N–H and O–H groups in total. The van der Waals surface area contributed by atoms with E-state index < -0.39 is 0 Å². The standard InChI is InChI=1S/C28H47N/c1-19(2)9-8-10-20(3)23-12-13-24-22-11-14-26-28(6,17-15-21(4)29(26)7)25(22)16-18-27(23,24)5/h14,19-20,22-25H,4,8-13,15-18H2,1-3,5-7H3/t20?,22?,23?,24?,25?,27?,28-/m1/s1. The molecule has 3 aliphatic carbocycles. The quantitative estimate of drug-likeness (QED) is 0.453. The first-order valence-corrected chi connectivity index (χ1v) is 12.8. The summed E-state index contributed by atoms with van der Waals surface area (Å²) in [5.74, 6) is 5.52. The summed E-state index contributed by atoms with van der Waals surface area (Å²) >= 11 is 0. The second kappa shape index (κ2) is 7.76. The molecule has 29 heavy (non-hydrogen) atoms. The molecule has 0 aromatic carbocycles. The Bertz CT molecular complexity index is 659.